The largest absolute Gasteiger partial charge is 0.495 e. The Labute approximate surface area is 121 Å². The maximum atomic E-state index is 11.9. The van der Waals surface area contributed by atoms with Crippen LogP contribution in [0.1, 0.15) is 36.6 Å². The Bertz CT molecular complexity index is 589. The molecule has 0 aliphatic carbocycles. The molecule has 0 fully saturated rings. The standard InChI is InChI=1S/C14H16O7/c1-7-8(12(15)19-3)6-9(13(16)20-4)11(18-2)10(7)14(17)21-5/h6H,1-5H3. The number of carbonyl (C=O) groups excluding carboxylic acids is 3. The minimum absolute atomic E-state index is 0.0150. The van der Waals surface area contributed by atoms with Crippen molar-refractivity contribution < 1.29 is 33.3 Å². The van der Waals surface area contributed by atoms with Crippen molar-refractivity contribution in [2.75, 3.05) is 28.4 Å². The van der Waals surface area contributed by atoms with Crippen molar-refractivity contribution in [2.45, 2.75) is 6.92 Å². The lowest BCUT2D eigenvalue weighted by atomic mass is 9.96. The van der Waals surface area contributed by atoms with E-state index in [1.54, 1.807) is 0 Å². The van der Waals surface area contributed by atoms with Gasteiger partial charge in [0.05, 0.1) is 34.0 Å². The average Bonchev–Trinajstić information content (AvgIpc) is 2.51. The number of carbonyl (C=O) groups is 3. The molecular weight excluding hydrogens is 280 g/mol. The van der Waals surface area contributed by atoms with Crippen LogP contribution < -0.4 is 4.74 Å². The molecule has 0 aliphatic rings. The number of esters is 3. The number of hydrogen-bond donors (Lipinski definition) is 0. The van der Waals surface area contributed by atoms with Crippen LogP contribution >= 0.6 is 0 Å². The van der Waals surface area contributed by atoms with E-state index in [2.05, 4.69) is 14.2 Å². The molecule has 1 rings (SSSR count). The predicted octanol–water partition coefficient (Wildman–Crippen LogP) is 1.36. The monoisotopic (exact) mass is 296 g/mol. The molecule has 0 bridgehead atoms. The van der Waals surface area contributed by atoms with Crippen LogP contribution in [0, 0.1) is 6.92 Å². The van der Waals surface area contributed by atoms with E-state index in [0.29, 0.717) is 5.56 Å². The Balaban J connectivity index is 3.77. The van der Waals surface area contributed by atoms with Gasteiger partial charge in [0.25, 0.3) is 0 Å². The summed E-state index contributed by atoms with van der Waals surface area (Å²) in [5.41, 5.74) is 0.256. The topological polar surface area (TPSA) is 88.1 Å². The molecule has 1 aromatic carbocycles. The van der Waals surface area contributed by atoms with Crippen molar-refractivity contribution in [3.8, 4) is 5.75 Å². The van der Waals surface area contributed by atoms with Crippen LogP contribution in [0.2, 0.25) is 0 Å². The molecule has 0 heterocycles. The number of rotatable bonds is 4. The van der Waals surface area contributed by atoms with Gasteiger partial charge in [-0.25, -0.2) is 14.4 Å². The summed E-state index contributed by atoms with van der Waals surface area (Å²) < 4.78 is 19.1. The van der Waals surface area contributed by atoms with E-state index in [4.69, 9.17) is 4.74 Å². The molecule has 114 valence electrons. The molecule has 21 heavy (non-hydrogen) atoms. The fourth-order valence-electron chi connectivity index (χ4n) is 1.90. The molecule has 7 nitrogen and oxygen atoms in total. The Morgan fingerprint density at radius 2 is 1.29 bits per heavy atom. The van der Waals surface area contributed by atoms with Gasteiger partial charge >= 0.3 is 17.9 Å². The predicted molar refractivity (Wildman–Crippen MR) is 71.7 cm³/mol. The van der Waals surface area contributed by atoms with E-state index in [9.17, 15) is 14.4 Å². The highest BCUT2D eigenvalue weighted by Crippen LogP contribution is 2.31. The van der Waals surface area contributed by atoms with Gasteiger partial charge in [-0.05, 0) is 18.6 Å². The number of hydrogen-bond acceptors (Lipinski definition) is 7. The van der Waals surface area contributed by atoms with Gasteiger partial charge in [0.2, 0.25) is 0 Å². The van der Waals surface area contributed by atoms with E-state index in [0.717, 1.165) is 0 Å². The van der Waals surface area contributed by atoms with Gasteiger partial charge in [0.15, 0.2) is 0 Å². The first-order valence-electron chi connectivity index (χ1n) is 5.89. The lowest BCUT2D eigenvalue weighted by molar-refractivity contribution is 0.0590. The SMILES string of the molecule is COC(=O)c1cc(C(=O)OC)c(OC)c(C(=O)OC)c1C. The summed E-state index contributed by atoms with van der Waals surface area (Å²) in [4.78, 5) is 35.6. The summed E-state index contributed by atoms with van der Waals surface area (Å²) in [6.07, 6.45) is 0. The van der Waals surface area contributed by atoms with Crippen LogP contribution in [0.15, 0.2) is 6.07 Å². The lowest BCUT2D eigenvalue weighted by Gasteiger charge is -2.16. The second-order valence-corrected chi connectivity index (χ2v) is 3.98. The summed E-state index contributed by atoms with van der Waals surface area (Å²) >= 11 is 0. The molecule has 0 saturated carbocycles. The summed E-state index contributed by atoms with van der Waals surface area (Å²) in [7, 11) is 4.86. The molecule has 7 heteroatoms. The van der Waals surface area contributed by atoms with Crippen LogP contribution in [0.3, 0.4) is 0 Å². The fraction of sp³-hybridized carbons (Fsp3) is 0.357. The first-order valence-corrected chi connectivity index (χ1v) is 5.89. The van der Waals surface area contributed by atoms with Crippen LogP contribution in [-0.2, 0) is 14.2 Å². The number of ether oxygens (including phenoxy) is 4. The molecule has 0 atom stereocenters. The van der Waals surface area contributed by atoms with Gasteiger partial charge in [-0.3, -0.25) is 0 Å². The van der Waals surface area contributed by atoms with Gasteiger partial charge in [-0.1, -0.05) is 0 Å². The zero-order valence-corrected chi connectivity index (χ0v) is 12.4. The van der Waals surface area contributed by atoms with Crippen molar-refractivity contribution in [1.82, 2.24) is 0 Å². The van der Waals surface area contributed by atoms with Gasteiger partial charge < -0.3 is 18.9 Å². The lowest BCUT2D eigenvalue weighted by Crippen LogP contribution is -2.16. The number of methoxy groups -OCH3 is 4. The molecule has 0 radical (unpaired) electrons. The Hall–Kier alpha value is -2.57. The molecular formula is C14H16O7. The van der Waals surface area contributed by atoms with Crippen LogP contribution in [0.4, 0.5) is 0 Å². The Kier molecular flexibility index (Phi) is 5.29. The zero-order chi connectivity index (χ0) is 16.2. The molecule has 1 aromatic rings. The van der Waals surface area contributed by atoms with E-state index in [1.807, 2.05) is 0 Å². The third kappa shape index (κ3) is 2.96. The van der Waals surface area contributed by atoms with Crippen molar-refractivity contribution in [1.29, 1.82) is 0 Å². The fourth-order valence-corrected chi connectivity index (χ4v) is 1.90. The van der Waals surface area contributed by atoms with Gasteiger partial charge in [0.1, 0.15) is 16.9 Å². The Morgan fingerprint density at radius 3 is 1.71 bits per heavy atom. The third-order valence-electron chi connectivity index (χ3n) is 2.94. The minimum Gasteiger partial charge on any atom is -0.495 e. The Morgan fingerprint density at radius 1 is 0.810 bits per heavy atom. The summed E-state index contributed by atoms with van der Waals surface area (Å²) in [6, 6.07) is 1.26. The van der Waals surface area contributed by atoms with Gasteiger partial charge in [-0.15, -0.1) is 0 Å². The van der Waals surface area contributed by atoms with Crippen LogP contribution in [0.5, 0.6) is 5.75 Å². The van der Waals surface area contributed by atoms with Crippen molar-refractivity contribution >= 4 is 17.9 Å². The third-order valence-corrected chi connectivity index (χ3v) is 2.94. The molecule has 0 aliphatic heterocycles. The van der Waals surface area contributed by atoms with Gasteiger partial charge in [0, 0.05) is 0 Å². The smallest absolute Gasteiger partial charge is 0.341 e. The molecule has 0 N–H and O–H groups in total. The van der Waals surface area contributed by atoms with Crippen molar-refractivity contribution in [3.63, 3.8) is 0 Å². The van der Waals surface area contributed by atoms with E-state index in [1.165, 1.54) is 41.4 Å². The van der Waals surface area contributed by atoms with Crippen molar-refractivity contribution in [3.05, 3.63) is 28.3 Å². The first kappa shape index (κ1) is 16.5. The average molecular weight is 296 g/mol. The molecule has 0 amide bonds. The first-order chi connectivity index (χ1) is 9.92. The summed E-state index contributed by atoms with van der Waals surface area (Å²) in [6.45, 7) is 1.53. The van der Waals surface area contributed by atoms with Crippen molar-refractivity contribution in [2.24, 2.45) is 0 Å². The maximum Gasteiger partial charge on any atom is 0.341 e. The normalized spacial score (nSPS) is 9.76. The van der Waals surface area contributed by atoms with E-state index in [-0.39, 0.29) is 22.4 Å². The molecule has 0 aromatic heterocycles. The molecule has 0 saturated heterocycles. The summed E-state index contributed by atoms with van der Waals surface area (Å²) in [5.74, 6) is -2.19. The number of benzene rings is 1. The van der Waals surface area contributed by atoms with E-state index < -0.39 is 17.9 Å². The summed E-state index contributed by atoms with van der Waals surface area (Å²) in [5, 5.41) is 0. The highest BCUT2D eigenvalue weighted by atomic mass is 16.5. The quantitative estimate of drug-likeness (QED) is 0.612. The molecule has 0 spiro atoms. The highest BCUT2D eigenvalue weighted by molar-refractivity contribution is 6.05. The van der Waals surface area contributed by atoms with Crippen LogP contribution in [0.25, 0.3) is 0 Å². The second-order valence-electron chi connectivity index (χ2n) is 3.98. The van der Waals surface area contributed by atoms with E-state index >= 15 is 0 Å². The minimum atomic E-state index is -0.748. The maximum absolute atomic E-state index is 11.9. The highest BCUT2D eigenvalue weighted by Gasteiger charge is 2.28. The molecule has 0 unspecified atom stereocenters. The van der Waals surface area contributed by atoms with Gasteiger partial charge in [-0.2, -0.15) is 0 Å². The second kappa shape index (κ2) is 6.74. The zero-order valence-electron chi connectivity index (χ0n) is 12.4. The van der Waals surface area contributed by atoms with Crippen LogP contribution in [-0.4, -0.2) is 46.3 Å².